The van der Waals surface area contributed by atoms with E-state index in [4.69, 9.17) is 10.2 Å². The predicted molar refractivity (Wildman–Crippen MR) is 84.6 cm³/mol. The maximum absolute atomic E-state index is 13.7. The molecule has 1 radical (unpaired) electrons. The summed E-state index contributed by atoms with van der Waals surface area (Å²) in [5.74, 6) is -0.176. The topological polar surface area (TPSA) is 61.2 Å². The summed E-state index contributed by atoms with van der Waals surface area (Å²) in [6.07, 6.45) is 1.59. The quantitative estimate of drug-likeness (QED) is 0.630. The van der Waals surface area contributed by atoms with Gasteiger partial charge >= 0.3 is 0 Å². The molecule has 0 unspecified atom stereocenters. The lowest BCUT2D eigenvalue weighted by atomic mass is 10.1. The summed E-state index contributed by atoms with van der Waals surface area (Å²) in [5, 5.41) is 1.35. The standard InChI is InChI=1S/C18H12FN2O2/c19-11-6-7-13-16(9-11)21(10-12-3-2-8-23-12)15-5-1-4-14(17(13)15)18(20)22/h1-6,8-9H,10H2,(H2,20,22). The van der Waals surface area contributed by atoms with E-state index in [0.717, 1.165) is 11.3 Å². The second kappa shape index (κ2) is 4.98. The number of aromatic nitrogens is 1. The maximum Gasteiger partial charge on any atom is 0.249 e. The Bertz CT molecular complexity index is 1030. The molecule has 1 amide bonds. The van der Waals surface area contributed by atoms with Gasteiger partial charge in [0.25, 0.3) is 0 Å². The normalized spacial score (nSPS) is 11.3. The van der Waals surface area contributed by atoms with Crippen molar-refractivity contribution in [2.75, 3.05) is 0 Å². The number of carbonyl (C=O) groups excluding carboxylic acids is 1. The molecule has 2 aromatic heterocycles. The highest BCUT2D eigenvalue weighted by molar-refractivity contribution is 6.17. The number of fused-ring (bicyclic) bond motifs is 3. The number of nitrogens with two attached hydrogens (primary N) is 1. The monoisotopic (exact) mass is 307 g/mol. The second-order valence-electron chi connectivity index (χ2n) is 5.31. The van der Waals surface area contributed by atoms with E-state index in [9.17, 15) is 9.18 Å². The molecule has 0 fully saturated rings. The van der Waals surface area contributed by atoms with Crippen LogP contribution in [0.25, 0.3) is 21.8 Å². The molecule has 23 heavy (non-hydrogen) atoms. The third-order valence-corrected chi connectivity index (χ3v) is 3.92. The van der Waals surface area contributed by atoms with Crippen LogP contribution in [0.3, 0.4) is 0 Å². The molecule has 2 aromatic carbocycles. The zero-order valence-electron chi connectivity index (χ0n) is 12.0. The number of nitrogens with zero attached hydrogens (tertiary/aromatic N) is 1. The van der Waals surface area contributed by atoms with E-state index in [-0.39, 0.29) is 5.82 Å². The number of primary amides is 1. The van der Waals surface area contributed by atoms with E-state index < -0.39 is 5.91 Å². The van der Waals surface area contributed by atoms with Crippen molar-refractivity contribution in [3.8, 4) is 0 Å². The van der Waals surface area contributed by atoms with Gasteiger partial charge in [-0.15, -0.1) is 0 Å². The van der Waals surface area contributed by atoms with Crippen molar-refractivity contribution in [1.29, 1.82) is 0 Å². The van der Waals surface area contributed by atoms with Crippen LogP contribution < -0.4 is 5.73 Å². The van der Waals surface area contributed by atoms with Crippen molar-refractivity contribution in [3.63, 3.8) is 0 Å². The average molecular weight is 307 g/mol. The summed E-state index contributed by atoms with van der Waals surface area (Å²) in [4.78, 5) is 11.8. The van der Waals surface area contributed by atoms with Crippen molar-refractivity contribution in [3.05, 3.63) is 71.9 Å². The summed E-state index contributed by atoms with van der Waals surface area (Å²) < 4.78 is 21.0. The first kappa shape index (κ1) is 13.6. The minimum Gasteiger partial charge on any atom is -0.467 e. The van der Waals surface area contributed by atoms with Crippen molar-refractivity contribution in [2.45, 2.75) is 6.54 Å². The number of benzene rings is 2. The third-order valence-electron chi connectivity index (χ3n) is 3.92. The summed E-state index contributed by atoms with van der Waals surface area (Å²) in [6, 6.07) is 14.6. The molecule has 4 nitrogen and oxygen atoms in total. The highest BCUT2D eigenvalue weighted by atomic mass is 19.1. The minimum absolute atomic E-state index is 0.387. The van der Waals surface area contributed by atoms with Crippen LogP contribution in [0.4, 0.5) is 4.39 Å². The van der Waals surface area contributed by atoms with Gasteiger partial charge in [0.15, 0.2) is 0 Å². The Morgan fingerprint density at radius 1 is 1.26 bits per heavy atom. The fourth-order valence-corrected chi connectivity index (χ4v) is 2.96. The molecular formula is C18H12FN2O2. The third kappa shape index (κ3) is 2.09. The van der Waals surface area contributed by atoms with Gasteiger partial charge in [-0.05, 0) is 42.5 Å². The molecule has 0 bridgehead atoms. The van der Waals surface area contributed by atoms with Crippen LogP contribution in [0, 0.1) is 11.9 Å². The largest absolute Gasteiger partial charge is 0.467 e. The number of amides is 1. The molecule has 0 saturated carbocycles. The maximum atomic E-state index is 13.7. The molecule has 0 atom stereocenters. The van der Waals surface area contributed by atoms with Gasteiger partial charge < -0.3 is 14.7 Å². The van der Waals surface area contributed by atoms with E-state index >= 15 is 0 Å². The summed E-state index contributed by atoms with van der Waals surface area (Å²) in [7, 11) is 0. The Hall–Kier alpha value is -3.08. The number of halogens is 1. The molecule has 0 aliphatic heterocycles. The molecule has 0 saturated heterocycles. The SMILES string of the molecule is NC(=O)c1cccc2c1c1[c]cc(F)cc1n2Cc1ccco1. The van der Waals surface area contributed by atoms with Gasteiger partial charge in [0.2, 0.25) is 5.91 Å². The van der Waals surface area contributed by atoms with E-state index in [1.807, 2.05) is 16.7 Å². The molecular weight excluding hydrogens is 295 g/mol. The van der Waals surface area contributed by atoms with Crippen LogP contribution in [0.1, 0.15) is 16.1 Å². The lowest BCUT2D eigenvalue weighted by molar-refractivity contribution is 0.100. The van der Waals surface area contributed by atoms with Crippen LogP contribution in [0.15, 0.2) is 53.1 Å². The number of carbonyl (C=O) groups is 1. The summed E-state index contributed by atoms with van der Waals surface area (Å²) in [6.45, 7) is 0.423. The number of hydrogen-bond donors (Lipinski definition) is 1. The summed E-state index contributed by atoms with van der Waals surface area (Å²) in [5.41, 5.74) is 7.32. The van der Waals surface area contributed by atoms with E-state index in [1.54, 1.807) is 24.5 Å². The number of hydrogen-bond acceptors (Lipinski definition) is 2. The Morgan fingerprint density at radius 3 is 2.87 bits per heavy atom. The average Bonchev–Trinajstić information content (AvgIpc) is 3.14. The van der Waals surface area contributed by atoms with Crippen molar-refractivity contribution >= 4 is 27.7 Å². The smallest absolute Gasteiger partial charge is 0.249 e. The molecule has 4 rings (SSSR count). The van der Waals surface area contributed by atoms with Gasteiger partial charge in [-0.2, -0.15) is 0 Å². The van der Waals surface area contributed by atoms with Gasteiger partial charge in [-0.25, -0.2) is 4.39 Å². The predicted octanol–water partition coefficient (Wildman–Crippen LogP) is 3.47. The number of furan rings is 1. The van der Waals surface area contributed by atoms with Crippen molar-refractivity contribution < 1.29 is 13.6 Å². The lowest BCUT2D eigenvalue weighted by Gasteiger charge is -2.05. The minimum atomic E-state index is -0.523. The first-order valence-electron chi connectivity index (χ1n) is 7.09. The Morgan fingerprint density at radius 2 is 2.13 bits per heavy atom. The van der Waals surface area contributed by atoms with Gasteiger partial charge in [-0.3, -0.25) is 4.79 Å². The Labute approximate surface area is 130 Å². The van der Waals surface area contributed by atoms with Gasteiger partial charge in [0.05, 0.1) is 23.8 Å². The molecule has 113 valence electrons. The fraction of sp³-hybridized carbons (Fsp3) is 0.0556. The van der Waals surface area contributed by atoms with Crippen LogP contribution in [-0.2, 0) is 6.54 Å². The zero-order chi connectivity index (χ0) is 16.0. The first-order chi connectivity index (χ1) is 11.1. The fourth-order valence-electron chi connectivity index (χ4n) is 2.96. The zero-order valence-corrected chi connectivity index (χ0v) is 12.0. The van der Waals surface area contributed by atoms with E-state index in [2.05, 4.69) is 6.07 Å². The van der Waals surface area contributed by atoms with E-state index in [0.29, 0.717) is 28.4 Å². The van der Waals surface area contributed by atoms with E-state index in [1.165, 1.54) is 12.1 Å². The summed E-state index contributed by atoms with van der Waals surface area (Å²) >= 11 is 0. The van der Waals surface area contributed by atoms with Crippen LogP contribution in [-0.4, -0.2) is 10.5 Å². The molecule has 5 heteroatoms. The highest BCUT2D eigenvalue weighted by Crippen LogP contribution is 2.32. The first-order valence-corrected chi connectivity index (χ1v) is 7.09. The Balaban J connectivity index is 2.11. The molecule has 0 aliphatic rings. The molecule has 0 aliphatic carbocycles. The Kier molecular flexibility index (Phi) is 2.94. The lowest BCUT2D eigenvalue weighted by Crippen LogP contribution is -2.11. The number of rotatable bonds is 3. The molecule has 2 N–H and O–H groups in total. The van der Waals surface area contributed by atoms with Gasteiger partial charge in [0.1, 0.15) is 11.6 Å². The van der Waals surface area contributed by atoms with Gasteiger partial charge in [-0.1, -0.05) is 6.07 Å². The van der Waals surface area contributed by atoms with Crippen molar-refractivity contribution in [1.82, 2.24) is 4.57 Å². The van der Waals surface area contributed by atoms with Crippen LogP contribution in [0.5, 0.6) is 0 Å². The second-order valence-corrected chi connectivity index (χ2v) is 5.31. The molecule has 2 heterocycles. The van der Waals surface area contributed by atoms with Crippen molar-refractivity contribution in [2.24, 2.45) is 5.73 Å². The van der Waals surface area contributed by atoms with Gasteiger partial charge in [0, 0.05) is 16.3 Å². The van der Waals surface area contributed by atoms with Crippen LogP contribution in [0.2, 0.25) is 0 Å². The molecule has 4 aromatic rings. The molecule has 0 spiro atoms. The van der Waals surface area contributed by atoms with Crippen LogP contribution >= 0.6 is 0 Å². The highest BCUT2D eigenvalue weighted by Gasteiger charge is 2.17.